The molecule has 0 bridgehead atoms. The summed E-state index contributed by atoms with van der Waals surface area (Å²) in [6, 6.07) is 6.57. The summed E-state index contributed by atoms with van der Waals surface area (Å²) in [5.41, 5.74) is -1.40. The summed E-state index contributed by atoms with van der Waals surface area (Å²) >= 11 is 0. The summed E-state index contributed by atoms with van der Waals surface area (Å²) in [7, 11) is -0.344. The van der Waals surface area contributed by atoms with Crippen molar-refractivity contribution in [1.82, 2.24) is 19.5 Å². The van der Waals surface area contributed by atoms with Crippen LogP contribution in [0.25, 0.3) is 11.2 Å². The second-order valence-corrected chi connectivity index (χ2v) is 9.83. The van der Waals surface area contributed by atoms with Gasteiger partial charge in [0.05, 0.1) is 12.9 Å². The Bertz CT molecular complexity index is 1240. The smallest absolute Gasteiger partial charge is 0.391 e. The van der Waals surface area contributed by atoms with Gasteiger partial charge in [-0.25, -0.2) is 23.9 Å². The first-order chi connectivity index (χ1) is 15.6. The minimum atomic E-state index is -3.97. The number of alkyl halides is 1. The SMILES string of the molecule is Cc1nc(N(C)C)c2ncn([C@@H]3O[C@H](COP4(=O)Oc5ccccc5O4)[C@@H](O)[C@@]3(C)F)c2n1. The zero-order valence-corrected chi connectivity index (χ0v) is 19.3. The minimum Gasteiger partial charge on any atom is -0.391 e. The van der Waals surface area contributed by atoms with Crippen molar-refractivity contribution in [2.24, 2.45) is 0 Å². The molecular weight excluding hydrogens is 456 g/mol. The molecule has 0 unspecified atom stereocenters. The maximum atomic E-state index is 15.7. The fourth-order valence-electron chi connectivity index (χ4n) is 3.92. The van der Waals surface area contributed by atoms with E-state index in [4.69, 9.17) is 18.3 Å². The standard InChI is InChI=1S/C20H23FN5O6P/c1-11-23-17(25(3)4)15-18(24-11)26(10-22-15)19-20(2,21)16(27)14(30-19)9-29-33(28)31-12-7-5-6-8-13(12)32-33/h5-8,10,14,16,19,27H,9H2,1-4H3/t14-,16-,19-,20-/m1/s1. The van der Waals surface area contributed by atoms with Crippen LogP contribution in [0.5, 0.6) is 11.5 Å². The molecule has 4 atom stereocenters. The summed E-state index contributed by atoms with van der Waals surface area (Å²) in [5.74, 6) is 1.60. The fraction of sp³-hybridized carbons (Fsp3) is 0.450. The number of phosphoric ester groups is 1. The van der Waals surface area contributed by atoms with Crippen LogP contribution in [0.2, 0.25) is 0 Å². The number of anilines is 1. The molecule has 0 radical (unpaired) electrons. The van der Waals surface area contributed by atoms with Crippen LogP contribution in [0.1, 0.15) is 19.0 Å². The van der Waals surface area contributed by atoms with Gasteiger partial charge in [0.1, 0.15) is 18.0 Å². The average Bonchev–Trinajstić information content (AvgIpc) is 3.38. The summed E-state index contributed by atoms with van der Waals surface area (Å²) in [6.45, 7) is 2.51. The van der Waals surface area contributed by atoms with Gasteiger partial charge in [0.15, 0.2) is 40.4 Å². The van der Waals surface area contributed by atoms with Crippen molar-refractivity contribution in [3.8, 4) is 11.5 Å². The van der Waals surface area contributed by atoms with Crippen molar-refractivity contribution >= 4 is 24.8 Å². The van der Waals surface area contributed by atoms with E-state index in [2.05, 4.69) is 15.0 Å². The highest BCUT2D eigenvalue weighted by molar-refractivity contribution is 7.49. The van der Waals surface area contributed by atoms with Gasteiger partial charge in [-0.2, -0.15) is 0 Å². The Morgan fingerprint density at radius 2 is 1.94 bits per heavy atom. The number of fused-ring (bicyclic) bond motifs is 2. The number of para-hydroxylation sites is 2. The van der Waals surface area contributed by atoms with Crippen molar-refractivity contribution in [1.29, 1.82) is 0 Å². The molecule has 0 aliphatic carbocycles. The van der Waals surface area contributed by atoms with Crippen molar-refractivity contribution in [3.63, 3.8) is 0 Å². The lowest BCUT2D eigenvalue weighted by molar-refractivity contribution is -0.0553. The van der Waals surface area contributed by atoms with E-state index in [1.807, 2.05) is 14.1 Å². The van der Waals surface area contributed by atoms with Crippen LogP contribution in [-0.4, -0.2) is 63.2 Å². The summed E-state index contributed by atoms with van der Waals surface area (Å²) < 4.78 is 51.7. The zero-order valence-electron chi connectivity index (χ0n) is 18.4. The zero-order chi connectivity index (χ0) is 23.5. The molecule has 33 heavy (non-hydrogen) atoms. The van der Waals surface area contributed by atoms with Gasteiger partial charge in [-0.15, -0.1) is 0 Å². The highest BCUT2D eigenvalue weighted by atomic mass is 31.2. The van der Waals surface area contributed by atoms with Crippen LogP contribution < -0.4 is 13.9 Å². The Balaban J connectivity index is 1.39. The number of aromatic nitrogens is 4. The Hall–Kier alpha value is -2.79. The molecule has 11 nitrogen and oxygen atoms in total. The molecule has 1 N–H and O–H groups in total. The summed E-state index contributed by atoms with van der Waals surface area (Å²) in [6.07, 6.45) is -2.61. The first kappa shape index (κ1) is 22.0. The van der Waals surface area contributed by atoms with E-state index in [0.29, 0.717) is 22.8 Å². The molecule has 176 valence electrons. The molecule has 2 aliphatic rings. The normalized spacial score (nSPS) is 27.9. The third kappa shape index (κ3) is 3.63. The van der Waals surface area contributed by atoms with Gasteiger partial charge >= 0.3 is 7.82 Å². The number of hydrogen-bond donors (Lipinski definition) is 1. The lowest BCUT2D eigenvalue weighted by Gasteiger charge is -2.24. The van der Waals surface area contributed by atoms with E-state index < -0.39 is 38.5 Å². The Labute approximate surface area is 188 Å². The van der Waals surface area contributed by atoms with Crippen LogP contribution in [0.15, 0.2) is 30.6 Å². The van der Waals surface area contributed by atoms with Crippen LogP contribution in [0.3, 0.4) is 0 Å². The highest BCUT2D eigenvalue weighted by Crippen LogP contribution is 2.59. The number of nitrogens with zero attached hydrogens (tertiary/aromatic N) is 5. The summed E-state index contributed by atoms with van der Waals surface area (Å²) in [5, 5.41) is 10.7. The Kier molecular flexibility index (Phi) is 5.09. The maximum Gasteiger partial charge on any atom is 0.587 e. The van der Waals surface area contributed by atoms with Gasteiger partial charge in [0, 0.05) is 14.1 Å². The van der Waals surface area contributed by atoms with Gasteiger partial charge in [0.2, 0.25) is 0 Å². The Morgan fingerprint density at radius 3 is 2.58 bits per heavy atom. The van der Waals surface area contributed by atoms with Crippen LogP contribution in [-0.2, 0) is 13.8 Å². The molecule has 5 rings (SSSR count). The van der Waals surface area contributed by atoms with Crippen molar-refractivity contribution < 1.29 is 32.4 Å². The molecule has 2 aliphatic heterocycles. The minimum absolute atomic E-state index is 0.276. The Morgan fingerprint density at radius 1 is 1.27 bits per heavy atom. The molecule has 13 heteroatoms. The number of aryl methyl sites for hydroxylation is 1. The molecule has 1 aromatic carbocycles. The second-order valence-electron chi connectivity index (χ2n) is 8.31. The monoisotopic (exact) mass is 479 g/mol. The molecule has 4 heterocycles. The number of halogens is 1. The van der Waals surface area contributed by atoms with Crippen molar-refractivity contribution in [3.05, 3.63) is 36.4 Å². The van der Waals surface area contributed by atoms with Gasteiger partial charge in [-0.3, -0.25) is 9.09 Å². The van der Waals surface area contributed by atoms with E-state index in [0.717, 1.165) is 0 Å². The number of imidazole rings is 1. The molecule has 1 fully saturated rings. The molecular formula is C20H23FN5O6P. The predicted molar refractivity (Wildman–Crippen MR) is 115 cm³/mol. The molecule has 2 aromatic heterocycles. The second kappa shape index (κ2) is 7.63. The number of ether oxygens (including phenoxy) is 1. The van der Waals surface area contributed by atoms with Crippen LogP contribution >= 0.6 is 7.82 Å². The fourth-order valence-corrected chi connectivity index (χ4v) is 5.18. The third-order valence-corrected chi connectivity index (χ3v) is 6.88. The molecule has 0 amide bonds. The van der Waals surface area contributed by atoms with Gasteiger partial charge < -0.3 is 23.8 Å². The third-order valence-electron chi connectivity index (χ3n) is 5.57. The largest absolute Gasteiger partial charge is 0.587 e. The highest BCUT2D eigenvalue weighted by Gasteiger charge is 2.56. The maximum absolute atomic E-state index is 15.7. The average molecular weight is 479 g/mol. The number of aliphatic hydroxyl groups excluding tert-OH is 1. The number of rotatable bonds is 5. The predicted octanol–water partition coefficient (Wildman–Crippen LogP) is 2.78. The van der Waals surface area contributed by atoms with Crippen molar-refractivity contribution in [2.45, 2.75) is 38.0 Å². The number of phosphoric acid groups is 1. The van der Waals surface area contributed by atoms with Gasteiger partial charge in [-0.05, 0) is 26.0 Å². The van der Waals surface area contributed by atoms with Crippen LogP contribution in [0, 0.1) is 6.92 Å². The van der Waals surface area contributed by atoms with Crippen molar-refractivity contribution in [2.75, 3.05) is 25.6 Å². The van der Waals surface area contributed by atoms with Gasteiger partial charge in [0.25, 0.3) is 0 Å². The molecule has 3 aromatic rings. The summed E-state index contributed by atoms with van der Waals surface area (Å²) in [4.78, 5) is 14.9. The number of aliphatic hydroxyl groups is 1. The van der Waals surface area contributed by atoms with E-state index in [9.17, 15) is 9.67 Å². The first-order valence-electron chi connectivity index (χ1n) is 10.2. The number of benzene rings is 1. The lowest BCUT2D eigenvalue weighted by Crippen LogP contribution is -2.40. The van der Waals surface area contributed by atoms with Gasteiger partial charge in [-0.1, -0.05) is 12.1 Å². The molecule has 1 saturated heterocycles. The topological polar surface area (TPSA) is 121 Å². The van der Waals surface area contributed by atoms with E-state index in [1.165, 1.54) is 17.8 Å². The van der Waals surface area contributed by atoms with Crippen LogP contribution in [0.4, 0.5) is 10.2 Å². The van der Waals surface area contributed by atoms with E-state index >= 15 is 4.39 Å². The molecule has 0 saturated carbocycles. The quantitative estimate of drug-likeness (QED) is 0.547. The van der Waals surface area contributed by atoms with E-state index in [1.54, 1.807) is 36.1 Å². The number of hydrogen-bond acceptors (Lipinski definition) is 10. The first-order valence-corrected chi connectivity index (χ1v) is 11.7. The lowest BCUT2D eigenvalue weighted by atomic mass is 9.98. The molecule has 0 spiro atoms. The van der Waals surface area contributed by atoms with E-state index in [-0.39, 0.29) is 11.5 Å².